The molecule has 0 aromatic rings. The molecule has 1 N–H and O–H groups in total. The first kappa shape index (κ1) is 17.7. The van der Waals surface area contributed by atoms with Crippen LogP contribution in [0, 0.1) is 5.41 Å². The van der Waals surface area contributed by atoms with E-state index in [4.69, 9.17) is 9.47 Å². The van der Waals surface area contributed by atoms with E-state index in [-0.39, 0.29) is 12.6 Å². The van der Waals surface area contributed by atoms with Gasteiger partial charge in [-0.3, -0.25) is 4.79 Å². The quantitative estimate of drug-likeness (QED) is 0.803. The molecule has 5 nitrogen and oxygen atoms in total. The maximum Gasteiger partial charge on any atom is 0.408 e. The topological polar surface area (TPSA) is 64.6 Å². The summed E-state index contributed by atoms with van der Waals surface area (Å²) in [7, 11) is 0. The van der Waals surface area contributed by atoms with Crippen LogP contribution in [0.5, 0.6) is 0 Å². The molecule has 0 spiro atoms. The maximum absolute atomic E-state index is 11.7. The lowest BCUT2D eigenvalue weighted by Gasteiger charge is -2.29. The fourth-order valence-corrected chi connectivity index (χ4v) is 1.08. The Bertz CT molecular complexity index is 334. The van der Waals surface area contributed by atoms with Gasteiger partial charge in [-0.05, 0) is 55.4 Å². The van der Waals surface area contributed by atoms with Crippen molar-refractivity contribution in [2.75, 3.05) is 6.61 Å². The van der Waals surface area contributed by atoms with Crippen LogP contribution >= 0.6 is 0 Å². The summed E-state index contributed by atoms with van der Waals surface area (Å²) in [5.41, 5.74) is -1.78. The maximum atomic E-state index is 11.7. The van der Waals surface area contributed by atoms with Gasteiger partial charge in [0.05, 0.1) is 11.0 Å². The second kappa shape index (κ2) is 5.80. The Balaban J connectivity index is 4.34. The fourth-order valence-electron chi connectivity index (χ4n) is 1.08. The molecule has 0 aromatic heterocycles. The average Bonchev–Trinajstić information content (AvgIpc) is 2.08. The molecule has 0 aliphatic carbocycles. The van der Waals surface area contributed by atoms with Crippen LogP contribution in [0.2, 0.25) is 0 Å². The van der Waals surface area contributed by atoms with Gasteiger partial charge in [0.25, 0.3) is 0 Å². The highest BCUT2D eigenvalue weighted by Crippen LogP contribution is 2.17. The third-order valence-electron chi connectivity index (χ3n) is 2.02. The van der Waals surface area contributed by atoms with Crippen LogP contribution in [0.1, 0.15) is 55.4 Å². The molecule has 0 aromatic carbocycles. The van der Waals surface area contributed by atoms with Crippen molar-refractivity contribution in [3.63, 3.8) is 0 Å². The monoisotopic (exact) mass is 273 g/mol. The van der Waals surface area contributed by atoms with E-state index in [0.717, 1.165) is 0 Å². The van der Waals surface area contributed by atoms with Crippen molar-refractivity contribution in [2.45, 2.75) is 66.5 Å². The lowest BCUT2D eigenvalue weighted by atomic mass is 9.97. The number of carbonyl (C=O) groups is 2. The Morgan fingerprint density at radius 3 is 1.79 bits per heavy atom. The van der Waals surface area contributed by atoms with E-state index >= 15 is 0 Å². The summed E-state index contributed by atoms with van der Waals surface area (Å²) in [6.45, 7) is 14.4. The van der Waals surface area contributed by atoms with E-state index in [1.807, 2.05) is 0 Å². The van der Waals surface area contributed by atoms with Crippen molar-refractivity contribution in [3.8, 4) is 0 Å². The first-order valence-electron chi connectivity index (χ1n) is 6.41. The standard InChI is InChI=1S/C14H27NO4/c1-12(2,3)10(16)18-9-14(7,8)15-11(17)19-13(4,5)6/h9H2,1-8H3,(H,15,17). The van der Waals surface area contributed by atoms with Gasteiger partial charge < -0.3 is 14.8 Å². The number of nitrogens with one attached hydrogen (secondary N) is 1. The van der Waals surface area contributed by atoms with Crippen molar-refractivity contribution in [3.05, 3.63) is 0 Å². The molecule has 0 fully saturated rings. The predicted octanol–water partition coefficient (Wildman–Crippen LogP) is 2.88. The van der Waals surface area contributed by atoms with Gasteiger partial charge in [0.1, 0.15) is 12.2 Å². The molecule has 0 saturated heterocycles. The van der Waals surface area contributed by atoms with E-state index in [2.05, 4.69) is 5.32 Å². The first-order valence-corrected chi connectivity index (χ1v) is 6.41. The van der Waals surface area contributed by atoms with Crippen LogP contribution in [-0.4, -0.2) is 29.8 Å². The Morgan fingerprint density at radius 2 is 1.42 bits per heavy atom. The van der Waals surface area contributed by atoms with E-state index in [1.54, 1.807) is 55.4 Å². The molecule has 0 bridgehead atoms. The van der Waals surface area contributed by atoms with Crippen LogP contribution in [0.15, 0.2) is 0 Å². The number of hydrogen-bond acceptors (Lipinski definition) is 4. The van der Waals surface area contributed by atoms with Crippen LogP contribution in [0.3, 0.4) is 0 Å². The zero-order chi connectivity index (χ0) is 15.5. The van der Waals surface area contributed by atoms with Crippen molar-refractivity contribution in [1.82, 2.24) is 5.32 Å². The average molecular weight is 273 g/mol. The largest absolute Gasteiger partial charge is 0.463 e. The molecular formula is C14H27NO4. The number of carbonyl (C=O) groups excluding carboxylic acids is 2. The van der Waals surface area contributed by atoms with Gasteiger partial charge in [0.15, 0.2) is 0 Å². The molecule has 0 rings (SSSR count). The molecule has 0 unspecified atom stereocenters. The summed E-state index contributed by atoms with van der Waals surface area (Å²) in [5.74, 6) is -0.299. The molecule has 0 atom stereocenters. The Hall–Kier alpha value is -1.26. The van der Waals surface area contributed by atoms with Gasteiger partial charge in [-0.25, -0.2) is 4.79 Å². The van der Waals surface area contributed by atoms with E-state index in [0.29, 0.717) is 0 Å². The molecule has 19 heavy (non-hydrogen) atoms. The minimum absolute atomic E-state index is 0.0995. The van der Waals surface area contributed by atoms with E-state index in [1.165, 1.54) is 0 Å². The van der Waals surface area contributed by atoms with Crippen LogP contribution in [0.25, 0.3) is 0 Å². The molecule has 1 amide bonds. The molecule has 0 radical (unpaired) electrons. The molecule has 0 heterocycles. The Kier molecular flexibility index (Phi) is 5.42. The Labute approximate surface area is 116 Å². The number of rotatable bonds is 3. The van der Waals surface area contributed by atoms with Gasteiger partial charge in [0.2, 0.25) is 0 Å². The van der Waals surface area contributed by atoms with Gasteiger partial charge >= 0.3 is 12.1 Å². The number of esters is 1. The van der Waals surface area contributed by atoms with E-state index < -0.39 is 22.6 Å². The molecule has 0 aliphatic heterocycles. The lowest BCUT2D eigenvalue weighted by Crippen LogP contribution is -2.49. The number of ether oxygens (including phenoxy) is 2. The normalized spacial score (nSPS) is 12.8. The number of amides is 1. The van der Waals surface area contributed by atoms with Crippen molar-refractivity contribution in [1.29, 1.82) is 0 Å². The Morgan fingerprint density at radius 1 is 0.947 bits per heavy atom. The number of alkyl carbamates (subject to hydrolysis) is 1. The predicted molar refractivity (Wildman–Crippen MR) is 73.9 cm³/mol. The van der Waals surface area contributed by atoms with Crippen LogP contribution in [0.4, 0.5) is 4.79 Å². The van der Waals surface area contributed by atoms with Gasteiger partial charge in [-0.1, -0.05) is 0 Å². The highest BCUT2D eigenvalue weighted by molar-refractivity contribution is 5.75. The summed E-state index contributed by atoms with van der Waals surface area (Å²) in [5, 5.41) is 2.68. The summed E-state index contributed by atoms with van der Waals surface area (Å²) in [6.07, 6.45) is -0.524. The van der Waals surface area contributed by atoms with Crippen LogP contribution in [-0.2, 0) is 14.3 Å². The zero-order valence-corrected chi connectivity index (χ0v) is 13.3. The lowest BCUT2D eigenvalue weighted by molar-refractivity contribution is -0.154. The highest BCUT2D eigenvalue weighted by atomic mass is 16.6. The minimum atomic E-state index is -0.677. The van der Waals surface area contributed by atoms with E-state index in [9.17, 15) is 9.59 Å². The summed E-state index contributed by atoms with van der Waals surface area (Å²) in [6, 6.07) is 0. The summed E-state index contributed by atoms with van der Waals surface area (Å²) >= 11 is 0. The van der Waals surface area contributed by atoms with Crippen LogP contribution < -0.4 is 5.32 Å². The highest BCUT2D eigenvalue weighted by Gasteiger charge is 2.29. The SMILES string of the molecule is CC(C)(COC(=O)C(C)(C)C)NC(=O)OC(C)(C)C. The van der Waals surface area contributed by atoms with Crippen molar-refractivity contribution < 1.29 is 19.1 Å². The van der Waals surface area contributed by atoms with Gasteiger partial charge in [-0.2, -0.15) is 0 Å². The molecule has 5 heteroatoms. The fraction of sp³-hybridized carbons (Fsp3) is 0.857. The van der Waals surface area contributed by atoms with Gasteiger partial charge in [-0.15, -0.1) is 0 Å². The zero-order valence-electron chi connectivity index (χ0n) is 13.3. The number of hydrogen-bond donors (Lipinski definition) is 1. The van der Waals surface area contributed by atoms with Crippen molar-refractivity contribution >= 4 is 12.1 Å². The third kappa shape index (κ3) is 8.46. The van der Waals surface area contributed by atoms with Crippen molar-refractivity contribution in [2.24, 2.45) is 5.41 Å². The van der Waals surface area contributed by atoms with Gasteiger partial charge in [0, 0.05) is 0 Å². The summed E-state index contributed by atoms with van der Waals surface area (Å²) in [4.78, 5) is 23.3. The summed E-state index contributed by atoms with van der Waals surface area (Å²) < 4.78 is 10.4. The molecular weight excluding hydrogens is 246 g/mol. The minimum Gasteiger partial charge on any atom is -0.463 e. The molecule has 0 aliphatic rings. The molecule has 112 valence electrons. The smallest absolute Gasteiger partial charge is 0.408 e. The second-order valence-electron chi connectivity index (χ2n) is 7.34. The molecule has 0 saturated carbocycles. The third-order valence-corrected chi connectivity index (χ3v) is 2.02. The first-order chi connectivity index (χ1) is 8.23. The second-order valence-corrected chi connectivity index (χ2v) is 7.34.